The fraction of sp³-hybridized carbons (Fsp3) is 0.276. The molecule has 0 aliphatic carbocycles. The summed E-state index contributed by atoms with van der Waals surface area (Å²) in [6, 6.07) is 14.9. The van der Waals surface area contributed by atoms with Crippen molar-refractivity contribution >= 4 is 23.1 Å². The maximum atomic E-state index is 13.4. The molecule has 0 saturated carbocycles. The summed E-state index contributed by atoms with van der Waals surface area (Å²) in [6.07, 6.45) is 3.20. The topological polar surface area (TPSA) is 89.0 Å². The van der Waals surface area contributed by atoms with Crippen molar-refractivity contribution in [3.8, 4) is 11.5 Å². The van der Waals surface area contributed by atoms with E-state index >= 15 is 0 Å². The summed E-state index contributed by atoms with van der Waals surface area (Å²) in [6.45, 7) is 8.55. The van der Waals surface area contributed by atoms with Gasteiger partial charge in [0.2, 0.25) is 0 Å². The molecule has 4 rings (SSSR count). The van der Waals surface area contributed by atoms with Gasteiger partial charge in [0.1, 0.15) is 17.3 Å². The van der Waals surface area contributed by atoms with E-state index in [-0.39, 0.29) is 16.7 Å². The predicted octanol–water partition coefficient (Wildman–Crippen LogP) is 5.41. The Morgan fingerprint density at radius 3 is 2.44 bits per heavy atom. The standard InChI is InChI=1S/C29H30N2O5/c1-6-36-22-14-13-18(16-20(22)29(2,3)4)26(32)24-25(19-10-9-15-30-17-19)31(28(34)27(24)33)21-11-7-8-12-23(21)35-5/h7-17,25,32H,6H2,1-5H3/b26-24-. The van der Waals surface area contributed by atoms with E-state index in [0.29, 0.717) is 34.9 Å². The molecule has 1 fully saturated rings. The molecule has 7 heteroatoms. The Kier molecular flexibility index (Phi) is 6.84. The van der Waals surface area contributed by atoms with Crippen molar-refractivity contribution in [3.05, 3.63) is 89.3 Å². The van der Waals surface area contributed by atoms with E-state index in [4.69, 9.17) is 9.47 Å². The Balaban J connectivity index is 1.96. The van der Waals surface area contributed by atoms with Crippen LogP contribution in [-0.4, -0.2) is 35.5 Å². The van der Waals surface area contributed by atoms with Gasteiger partial charge in [-0.2, -0.15) is 0 Å². The van der Waals surface area contributed by atoms with Crippen LogP contribution in [0.25, 0.3) is 5.76 Å². The molecule has 2 aromatic carbocycles. The number of rotatable bonds is 6. The van der Waals surface area contributed by atoms with Crippen LogP contribution in [0.3, 0.4) is 0 Å². The highest BCUT2D eigenvalue weighted by molar-refractivity contribution is 6.51. The minimum atomic E-state index is -0.889. The number of benzene rings is 2. The van der Waals surface area contributed by atoms with Gasteiger partial charge in [-0.15, -0.1) is 0 Å². The summed E-state index contributed by atoms with van der Waals surface area (Å²) in [5.41, 5.74) is 2.03. The van der Waals surface area contributed by atoms with Gasteiger partial charge in [0, 0.05) is 23.5 Å². The zero-order chi connectivity index (χ0) is 26.0. The van der Waals surface area contributed by atoms with Crippen LogP contribution < -0.4 is 14.4 Å². The minimum Gasteiger partial charge on any atom is -0.507 e. The van der Waals surface area contributed by atoms with E-state index in [0.717, 1.165) is 5.56 Å². The van der Waals surface area contributed by atoms with Gasteiger partial charge in [0.25, 0.3) is 11.7 Å². The number of Topliss-reactive ketones (excluding diaryl/α,β-unsaturated/α-hetero) is 1. The number of hydrogen-bond acceptors (Lipinski definition) is 6. The number of carbonyl (C=O) groups is 2. The van der Waals surface area contributed by atoms with Gasteiger partial charge >= 0.3 is 0 Å². The highest BCUT2D eigenvalue weighted by Gasteiger charge is 2.48. The number of carbonyl (C=O) groups excluding carboxylic acids is 2. The molecule has 1 amide bonds. The highest BCUT2D eigenvalue weighted by atomic mass is 16.5. The third-order valence-electron chi connectivity index (χ3n) is 6.15. The fourth-order valence-electron chi connectivity index (χ4n) is 4.46. The van der Waals surface area contributed by atoms with Crippen LogP contribution in [0.2, 0.25) is 0 Å². The lowest BCUT2D eigenvalue weighted by atomic mass is 9.84. The number of aliphatic hydroxyl groups is 1. The number of hydrogen-bond donors (Lipinski definition) is 1. The first-order chi connectivity index (χ1) is 17.2. The maximum absolute atomic E-state index is 13.4. The highest BCUT2D eigenvalue weighted by Crippen LogP contribution is 2.45. The van der Waals surface area contributed by atoms with E-state index in [1.54, 1.807) is 60.9 Å². The number of ketones is 1. The van der Waals surface area contributed by atoms with Crippen LogP contribution in [0.1, 0.15) is 50.4 Å². The van der Waals surface area contributed by atoms with E-state index in [9.17, 15) is 14.7 Å². The second kappa shape index (κ2) is 9.85. The Morgan fingerprint density at radius 2 is 1.81 bits per heavy atom. The molecule has 1 unspecified atom stereocenters. The van der Waals surface area contributed by atoms with Crippen molar-refractivity contribution in [3.63, 3.8) is 0 Å². The number of amides is 1. The normalized spacial score (nSPS) is 17.4. The van der Waals surface area contributed by atoms with Crippen molar-refractivity contribution < 1.29 is 24.2 Å². The Labute approximate surface area is 211 Å². The Hall–Kier alpha value is -4.13. The van der Waals surface area contributed by atoms with E-state index < -0.39 is 17.7 Å². The molecule has 0 radical (unpaired) electrons. The lowest BCUT2D eigenvalue weighted by Gasteiger charge is -2.27. The SMILES string of the molecule is CCOc1ccc(/C(O)=C2/C(=O)C(=O)N(c3ccccc3OC)C2c2cccnc2)cc1C(C)(C)C. The predicted molar refractivity (Wildman–Crippen MR) is 138 cm³/mol. The molecule has 0 bridgehead atoms. The van der Waals surface area contributed by atoms with Gasteiger partial charge in [-0.1, -0.05) is 39.0 Å². The number of aromatic nitrogens is 1. The van der Waals surface area contributed by atoms with Gasteiger partial charge in [0.15, 0.2) is 0 Å². The fourth-order valence-corrected chi connectivity index (χ4v) is 4.46. The average molecular weight is 487 g/mol. The molecular weight excluding hydrogens is 456 g/mol. The van der Waals surface area contributed by atoms with E-state index in [2.05, 4.69) is 4.98 Å². The molecular formula is C29H30N2O5. The average Bonchev–Trinajstić information content (AvgIpc) is 3.14. The smallest absolute Gasteiger partial charge is 0.300 e. The molecule has 2 heterocycles. The van der Waals surface area contributed by atoms with Crippen molar-refractivity contribution in [1.82, 2.24) is 4.98 Å². The monoisotopic (exact) mass is 486 g/mol. The van der Waals surface area contributed by atoms with Crippen molar-refractivity contribution in [1.29, 1.82) is 0 Å². The number of anilines is 1. The lowest BCUT2D eigenvalue weighted by Crippen LogP contribution is -2.29. The van der Waals surface area contributed by atoms with Crippen LogP contribution in [0, 0.1) is 0 Å². The van der Waals surface area contributed by atoms with Gasteiger partial charge < -0.3 is 14.6 Å². The summed E-state index contributed by atoms with van der Waals surface area (Å²) in [7, 11) is 1.50. The summed E-state index contributed by atoms with van der Waals surface area (Å²) in [5.74, 6) is -0.646. The molecule has 1 atom stereocenters. The maximum Gasteiger partial charge on any atom is 0.300 e. The van der Waals surface area contributed by atoms with Gasteiger partial charge in [-0.05, 0) is 54.3 Å². The summed E-state index contributed by atoms with van der Waals surface area (Å²) in [4.78, 5) is 32.4. The Morgan fingerprint density at radius 1 is 1.06 bits per heavy atom. The molecule has 3 aromatic rings. The molecule has 1 aliphatic rings. The minimum absolute atomic E-state index is 0.0112. The van der Waals surface area contributed by atoms with Gasteiger partial charge in [-0.3, -0.25) is 19.5 Å². The summed E-state index contributed by atoms with van der Waals surface area (Å²) < 4.78 is 11.3. The molecule has 1 N–H and O–H groups in total. The van der Waals surface area contributed by atoms with Crippen LogP contribution in [0.15, 0.2) is 72.6 Å². The van der Waals surface area contributed by atoms with Crippen molar-refractivity contribution in [2.24, 2.45) is 0 Å². The molecule has 186 valence electrons. The zero-order valence-corrected chi connectivity index (χ0v) is 21.1. The number of pyridine rings is 1. The number of aliphatic hydroxyl groups excluding tert-OH is 1. The number of nitrogens with zero attached hydrogens (tertiary/aromatic N) is 2. The lowest BCUT2D eigenvalue weighted by molar-refractivity contribution is -0.132. The van der Waals surface area contributed by atoms with Gasteiger partial charge in [-0.25, -0.2) is 0 Å². The first kappa shape index (κ1) is 25.0. The number of ether oxygens (including phenoxy) is 2. The molecule has 0 spiro atoms. The van der Waals surface area contributed by atoms with Crippen molar-refractivity contribution in [2.75, 3.05) is 18.6 Å². The third kappa shape index (κ3) is 4.44. The number of methoxy groups -OCH3 is 1. The second-order valence-corrected chi connectivity index (χ2v) is 9.52. The Bertz CT molecular complexity index is 1320. The summed E-state index contributed by atoms with van der Waals surface area (Å²) in [5, 5.41) is 11.5. The molecule has 7 nitrogen and oxygen atoms in total. The van der Waals surface area contributed by atoms with E-state index in [1.165, 1.54) is 12.0 Å². The number of para-hydroxylation sites is 2. The van der Waals surface area contributed by atoms with Crippen LogP contribution in [-0.2, 0) is 15.0 Å². The van der Waals surface area contributed by atoms with Gasteiger partial charge in [0.05, 0.1) is 31.0 Å². The van der Waals surface area contributed by atoms with E-state index in [1.807, 2.05) is 33.8 Å². The first-order valence-electron chi connectivity index (χ1n) is 11.8. The third-order valence-corrected chi connectivity index (χ3v) is 6.15. The van der Waals surface area contributed by atoms with Crippen LogP contribution in [0.5, 0.6) is 11.5 Å². The van der Waals surface area contributed by atoms with Crippen molar-refractivity contribution in [2.45, 2.75) is 39.2 Å². The molecule has 36 heavy (non-hydrogen) atoms. The molecule has 1 saturated heterocycles. The molecule has 1 aliphatic heterocycles. The quantitative estimate of drug-likeness (QED) is 0.285. The van der Waals surface area contributed by atoms with Crippen LogP contribution in [0.4, 0.5) is 5.69 Å². The largest absolute Gasteiger partial charge is 0.507 e. The summed E-state index contributed by atoms with van der Waals surface area (Å²) >= 11 is 0. The first-order valence-corrected chi connectivity index (χ1v) is 11.8. The van der Waals surface area contributed by atoms with Crippen LogP contribution >= 0.6 is 0 Å². The zero-order valence-electron chi connectivity index (χ0n) is 21.1. The molecule has 1 aromatic heterocycles. The second-order valence-electron chi connectivity index (χ2n) is 9.52.